The molecule has 0 aliphatic rings. The van der Waals surface area contributed by atoms with Gasteiger partial charge in [0, 0.05) is 10.8 Å². The van der Waals surface area contributed by atoms with Crippen LogP contribution in [0.4, 0.5) is 0 Å². The molecule has 3 rings (SSSR count). The van der Waals surface area contributed by atoms with Crippen LogP contribution in [0.5, 0.6) is 0 Å². The Morgan fingerprint density at radius 3 is 2.64 bits per heavy atom. The van der Waals surface area contributed by atoms with Crippen molar-refractivity contribution in [1.82, 2.24) is 15.2 Å². The number of hydrogen-bond donors (Lipinski definition) is 0. The van der Waals surface area contributed by atoms with Crippen LogP contribution in [0.1, 0.15) is 0 Å². The van der Waals surface area contributed by atoms with Crippen LogP contribution in [0.25, 0.3) is 21.8 Å². The summed E-state index contributed by atoms with van der Waals surface area (Å²) in [5.41, 5.74) is 1.88. The molecule has 0 saturated heterocycles. The second-order valence-corrected chi connectivity index (χ2v) is 3.14. The highest BCUT2D eigenvalue weighted by Gasteiger charge is 1.97. The Hall–Kier alpha value is -2.03. The van der Waals surface area contributed by atoms with E-state index in [-0.39, 0.29) is 0 Å². The molecule has 0 aliphatic heterocycles. The zero-order valence-corrected chi connectivity index (χ0v) is 7.38. The average Bonchev–Trinajstić information content (AvgIpc) is 2.26. The number of aromatic nitrogens is 3. The van der Waals surface area contributed by atoms with E-state index in [9.17, 15) is 0 Å². The van der Waals surface area contributed by atoms with Gasteiger partial charge in [0.15, 0.2) is 0 Å². The zero-order chi connectivity index (χ0) is 9.38. The molecule has 0 atom stereocenters. The molecular weight excluding hydrogens is 174 g/mol. The van der Waals surface area contributed by atoms with E-state index in [1.54, 1.807) is 12.4 Å². The second-order valence-electron chi connectivity index (χ2n) is 3.14. The molecule has 66 valence electrons. The highest BCUT2D eigenvalue weighted by atomic mass is 15.1. The van der Waals surface area contributed by atoms with Crippen LogP contribution in [-0.4, -0.2) is 15.2 Å². The van der Waals surface area contributed by atoms with Gasteiger partial charge in [-0.15, -0.1) is 0 Å². The predicted molar refractivity (Wildman–Crippen MR) is 54.8 cm³/mol. The van der Waals surface area contributed by atoms with E-state index in [1.807, 2.05) is 24.3 Å². The van der Waals surface area contributed by atoms with E-state index in [0.29, 0.717) is 0 Å². The minimum atomic E-state index is 0.888. The molecular formula is C11H7N3. The van der Waals surface area contributed by atoms with Crippen LogP contribution < -0.4 is 0 Å². The first kappa shape index (κ1) is 7.38. The maximum Gasteiger partial charge on any atom is 0.0927 e. The van der Waals surface area contributed by atoms with Crippen molar-refractivity contribution in [2.24, 2.45) is 0 Å². The topological polar surface area (TPSA) is 38.7 Å². The number of hydrogen-bond acceptors (Lipinski definition) is 3. The van der Waals surface area contributed by atoms with Gasteiger partial charge < -0.3 is 0 Å². The van der Waals surface area contributed by atoms with E-state index in [1.165, 1.54) is 0 Å². The van der Waals surface area contributed by atoms with E-state index >= 15 is 0 Å². The van der Waals surface area contributed by atoms with E-state index in [4.69, 9.17) is 0 Å². The average molecular weight is 181 g/mol. The summed E-state index contributed by atoms with van der Waals surface area (Å²) in [6, 6.07) is 10.1. The largest absolute Gasteiger partial charge is 0.246 e. The maximum absolute atomic E-state index is 4.48. The third-order valence-electron chi connectivity index (χ3n) is 2.23. The van der Waals surface area contributed by atoms with Gasteiger partial charge in [0.05, 0.1) is 23.4 Å². The van der Waals surface area contributed by atoms with Gasteiger partial charge in [0.25, 0.3) is 0 Å². The first-order chi connectivity index (χ1) is 6.93. The maximum atomic E-state index is 4.48. The number of nitrogens with zero attached hydrogens (tertiary/aromatic N) is 3. The molecule has 2 aromatic heterocycles. The number of benzene rings is 1. The Kier molecular flexibility index (Phi) is 1.44. The molecule has 0 radical (unpaired) electrons. The lowest BCUT2D eigenvalue weighted by Gasteiger charge is -1.98. The molecule has 2 heterocycles. The first-order valence-electron chi connectivity index (χ1n) is 4.40. The Balaban J connectivity index is 2.52. The number of pyridine rings is 1. The molecule has 0 saturated carbocycles. The number of fused-ring (bicyclic) bond motifs is 2. The molecule has 3 aromatic rings. The third kappa shape index (κ3) is 1.03. The molecule has 0 N–H and O–H groups in total. The second kappa shape index (κ2) is 2.73. The van der Waals surface area contributed by atoms with Crippen LogP contribution in [0.3, 0.4) is 0 Å². The third-order valence-corrected chi connectivity index (χ3v) is 2.23. The molecule has 0 spiro atoms. The lowest BCUT2D eigenvalue weighted by molar-refractivity contribution is 1.05. The molecule has 0 bridgehead atoms. The number of rotatable bonds is 0. The van der Waals surface area contributed by atoms with Crippen molar-refractivity contribution in [2.75, 3.05) is 0 Å². The first-order valence-corrected chi connectivity index (χ1v) is 4.40. The fourth-order valence-electron chi connectivity index (χ4n) is 1.54. The van der Waals surface area contributed by atoms with Crippen molar-refractivity contribution >= 4 is 21.8 Å². The van der Waals surface area contributed by atoms with Crippen molar-refractivity contribution in [3.63, 3.8) is 0 Å². The van der Waals surface area contributed by atoms with Gasteiger partial charge in [0.2, 0.25) is 0 Å². The summed E-state index contributed by atoms with van der Waals surface area (Å²) in [6.45, 7) is 0. The SMILES string of the molecule is c1ccc2nc3cnncc3cc2c1. The summed E-state index contributed by atoms with van der Waals surface area (Å²) >= 11 is 0. The summed E-state index contributed by atoms with van der Waals surface area (Å²) in [6.07, 6.45) is 3.41. The minimum Gasteiger partial charge on any atom is -0.246 e. The molecule has 0 fully saturated rings. The van der Waals surface area contributed by atoms with Gasteiger partial charge in [-0.3, -0.25) is 0 Å². The standard InChI is InChI=1S/C11H7N3/c1-2-4-10-8(3-1)5-9-6-12-13-7-11(9)14-10/h1-7H. The molecule has 0 aliphatic carbocycles. The molecule has 1 aromatic carbocycles. The van der Waals surface area contributed by atoms with Gasteiger partial charge in [-0.2, -0.15) is 10.2 Å². The van der Waals surface area contributed by atoms with Crippen molar-refractivity contribution < 1.29 is 0 Å². The minimum absolute atomic E-state index is 0.888. The molecule has 0 amide bonds. The zero-order valence-electron chi connectivity index (χ0n) is 7.38. The number of para-hydroxylation sites is 1. The summed E-state index contributed by atoms with van der Waals surface area (Å²) in [7, 11) is 0. The van der Waals surface area contributed by atoms with E-state index in [2.05, 4.69) is 21.2 Å². The lowest BCUT2D eigenvalue weighted by atomic mass is 10.2. The van der Waals surface area contributed by atoms with Crippen LogP contribution in [0.15, 0.2) is 42.7 Å². The Labute approximate surface area is 80.4 Å². The van der Waals surface area contributed by atoms with E-state index in [0.717, 1.165) is 21.8 Å². The molecule has 3 heteroatoms. The molecule has 0 unspecified atom stereocenters. The fourth-order valence-corrected chi connectivity index (χ4v) is 1.54. The van der Waals surface area contributed by atoms with Gasteiger partial charge in [-0.1, -0.05) is 18.2 Å². The highest BCUT2D eigenvalue weighted by Crippen LogP contribution is 2.17. The summed E-state index contributed by atoms with van der Waals surface area (Å²) in [5, 5.41) is 9.80. The normalized spacial score (nSPS) is 10.9. The molecule has 3 nitrogen and oxygen atoms in total. The van der Waals surface area contributed by atoms with Crippen molar-refractivity contribution in [1.29, 1.82) is 0 Å². The predicted octanol–water partition coefficient (Wildman–Crippen LogP) is 2.18. The van der Waals surface area contributed by atoms with Crippen LogP contribution in [0, 0.1) is 0 Å². The van der Waals surface area contributed by atoms with Gasteiger partial charge in [0.1, 0.15) is 0 Å². The highest BCUT2D eigenvalue weighted by molar-refractivity contribution is 5.91. The van der Waals surface area contributed by atoms with Crippen LogP contribution in [-0.2, 0) is 0 Å². The van der Waals surface area contributed by atoms with Gasteiger partial charge >= 0.3 is 0 Å². The van der Waals surface area contributed by atoms with Gasteiger partial charge in [-0.25, -0.2) is 4.98 Å². The lowest BCUT2D eigenvalue weighted by Crippen LogP contribution is -1.85. The van der Waals surface area contributed by atoms with Crippen LogP contribution in [0.2, 0.25) is 0 Å². The molecule has 14 heavy (non-hydrogen) atoms. The summed E-state index contributed by atoms with van der Waals surface area (Å²) in [5.74, 6) is 0. The van der Waals surface area contributed by atoms with Crippen molar-refractivity contribution in [3.05, 3.63) is 42.7 Å². The summed E-state index contributed by atoms with van der Waals surface area (Å²) < 4.78 is 0. The van der Waals surface area contributed by atoms with Crippen molar-refractivity contribution in [3.8, 4) is 0 Å². The van der Waals surface area contributed by atoms with Crippen molar-refractivity contribution in [2.45, 2.75) is 0 Å². The van der Waals surface area contributed by atoms with Crippen LogP contribution >= 0.6 is 0 Å². The van der Waals surface area contributed by atoms with Gasteiger partial charge in [-0.05, 0) is 12.1 Å². The Morgan fingerprint density at radius 1 is 0.786 bits per heavy atom. The summed E-state index contributed by atoms with van der Waals surface area (Å²) in [4.78, 5) is 4.48. The Morgan fingerprint density at radius 2 is 1.64 bits per heavy atom. The Bertz CT molecular complexity index is 499. The monoisotopic (exact) mass is 181 g/mol. The quantitative estimate of drug-likeness (QED) is 0.499. The fraction of sp³-hybridized carbons (Fsp3) is 0. The smallest absolute Gasteiger partial charge is 0.0927 e. The van der Waals surface area contributed by atoms with E-state index < -0.39 is 0 Å².